The first-order valence-electron chi connectivity index (χ1n) is 10.6. The molecule has 1 fully saturated rings. The Bertz CT molecular complexity index is 1230. The van der Waals surface area contributed by atoms with E-state index in [4.69, 9.17) is 0 Å². The van der Waals surface area contributed by atoms with Crippen molar-refractivity contribution in [2.45, 2.75) is 10.9 Å². The van der Waals surface area contributed by atoms with Crippen LogP contribution in [0.15, 0.2) is 77.0 Å². The first-order valence-corrected chi connectivity index (χ1v) is 12.9. The number of carbonyl (C=O) groups excluding carboxylic acids is 1. The molecule has 2 aromatic carbocycles. The van der Waals surface area contributed by atoms with Crippen LogP contribution in [0.25, 0.3) is 0 Å². The average Bonchev–Trinajstić information content (AvgIpc) is 3.38. The summed E-state index contributed by atoms with van der Waals surface area (Å²) < 4.78 is 27.4. The topological polar surface area (TPSA) is 93.5 Å². The Hall–Kier alpha value is -3.03. The summed E-state index contributed by atoms with van der Waals surface area (Å²) in [5.74, 6) is -0.108. The zero-order valence-electron chi connectivity index (χ0n) is 17.9. The van der Waals surface area contributed by atoms with Gasteiger partial charge in [0.05, 0.1) is 23.0 Å². The molecule has 0 spiro atoms. The highest BCUT2D eigenvalue weighted by molar-refractivity contribution is 7.89. The summed E-state index contributed by atoms with van der Waals surface area (Å²) in [7, 11) is -3.76. The van der Waals surface area contributed by atoms with Gasteiger partial charge in [-0.25, -0.2) is 8.42 Å². The van der Waals surface area contributed by atoms with Crippen LogP contribution in [-0.2, 0) is 14.8 Å². The largest absolute Gasteiger partial charge is 0.343 e. The third-order valence-electron chi connectivity index (χ3n) is 5.59. The number of sulfonamides is 1. The van der Waals surface area contributed by atoms with Gasteiger partial charge < -0.3 is 5.32 Å². The fraction of sp³-hybridized carbons (Fsp3) is 0.250. The third-order valence-corrected chi connectivity index (χ3v) is 8.48. The molecule has 1 aromatic heterocycles. The maximum absolute atomic E-state index is 13.0. The minimum Gasteiger partial charge on any atom is -0.343 e. The van der Waals surface area contributed by atoms with Crippen LogP contribution in [0.5, 0.6) is 0 Å². The number of nitrogens with one attached hydrogen (secondary N) is 1. The van der Waals surface area contributed by atoms with Gasteiger partial charge in [-0.05, 0) is 29.1 Å². The van der Waals surface area contributed by atoms with E-state index in [9.17, 15) is 18.5 Å². The van der Waals surface area contributed by atoms with E-state index in [2.05, 4.69) is 5.32 Å². The molecule has 1 aliphatic rings. The Balaban J connectivity index is 1.38. The molecule has 3 aromatic rings. The standard InChI is InChI=1S/C24H24N4O3S2/c25-17-20-9-4-5-11-22(20)33(30,31)28-14-12-27(13-15-28)18-23(29)26-24(21-10-6-16-32-21)19-7-2-1-3-8-19/h1-11,16,24H,12-15,18H2,(H,26,29). The van der Waals surface area contributed by atoms with Crippen molar-refractivity contribution in [3.63, 3.8) is 0 Å². The predicted octanol–water partition coefficient (Wildman–Crippen LogP) is 2.83. The van der Waals surface area contributed by atoms with Gasteiger partial charge in [-0.1, -0.05) is 48.5 Å². The Morgan fingerprint density at radius 1 is 1.00 bits per heavy atom. The van der Waals surface area contributed by atoms with Gasteiger partial charge in [0.15, 0.2) is 0 Å². The van der Waals surface area contributed by atoms with Crippen LogP contribution in [0, 0.1) is 11.3 Å². The van der Waals surface area contributed by atoms with Gasteiger partial charge in [-0.3, -0.25) is 9.69 Å². The quantitative estimate of drug-likeness (QED) is 0.561. The molecule has 9 heteroatoms. The molecular formula is C24H24N4O3S2. The van der Waals surface area contributed by atoms with Gasteiger partial charge in [-0.15, -0.1) is 11.3 Å². The van der Waals surface area contributed by atoms with Crippen LogP contribution in [0.2, 0.25) is 0 Å². The summed E-state index contributed by atoms with van der Waals surface area (Å²) in [5, 5.41) is 14.4. The molecule has 170 valence electrons. The number of rotatable bonds is 7. The summed E-state index contributed by atoms with van der Waals surface area (Å²) in [6.45, 7) is 1.61. The summed E-state index contributed by atoms with van der Waals surface area (Å²) in [6, 6.07) is 21.8. The zero-order chi connectivity index (χ0) is 23.3. The van der Waals surface area contributed by atoms with Crippen molar-refractivity contribution in [2.24, 2.45) is 0 Å². The third kappa shape index (κ3) is 5.31. The molecule has 0 saturated carbocycles. The Morgan fingerprint density at radius 2 is 1.70 bits per heavy atom. The smallest absolute Gasteiger partial charge is 0.244 e. The van der Waals surface area contributed by atoms with E-state index in [1.807, 2.05) is 58.8 Å². The molecule has 0 radical (unpaired) electrons. The van der Waals surface area contributed by atoms with Crippen LogP contribution >= 0.6 is 11.3 Å². The summed E-state index contributed by atoms with van der Waals surface area (Å²) >= 11 is 1.59. The number of thiophene rings is 1. The van der Waals surface area contributed by atoms with E-state index in [1.165, 1.54) is 16.4 Å². The second kappa shape index (κ2) is 10.3. The maximum Gasteiger partial charge on any atom is 0.244 e. The van der Waals surface area contributed by atoms with E-state index in [0.29, 0.717) is 13.1 Å². The molecule has 1 atom stereocenters. The molecule has 1 saturated heterocycles. The van der Waals surface area contributed by atoms with Crippen molar-refractivity contribution in [2.75, 3.05) is 32.7 Å². The summed E-state index contributed by atoms with van der Waals surface area (Å²) in [5.41, 5.74) is 1.15. The molecule has 1 unspecified atom stereocenters. The molecule has 1 amide bonds. The van der Waals surface area contributed by atoms with E-state index in [-0.39, 0.29) is 42.0 Å². The summed E-state index contributed by atoms with van der Waals surface area (Å²) in [6.07, 6.45) is 0. The molecule has 1 aliphatic heterocycles. The lowest BCUT2D eigenvalue weighted by atomic mass is 10.1. The molecule has 0 bridgehead atoms. The molecule has 33 heavy (non-hydrogen) atoms. The van der Waals surface area contributed by atoms with Crippen LogP contribution in [0.1, 0.15) is 22.0 Å². The Labute approximate surface area is 197 Å². The van der Waals surface area contributed by atoms with E-state index in [1.54, 1.807) is 23.5 Å². The van der Waals surface area contributed by atoms with Gasteiger partial charge >= 0.3 is 0 Å². The molecule has 1 N–H and O–H groups in total. The first kappa shape index (κ1) is 23.1. The highest BCUT2D eigenvalue weighted by atomic mass is 32.2. The molecular weight excluding hydrogens is 456 g/mol. The second-order valence-corrected chi connectivity index (χ2v) is 10.6. The van der Waals surface area contributed by atoms with E-state index in [0.717, 1.165) is 10.4 Å². The zero-order valence-corrected chi connectivity index (χ0v) is 19.6. The lowest BCUT2D eigenvalue weighted by molar-refractivity contribution is -0.123. The highest BCUT2D eigenvalue weighted by Crippen LogP contribution is 2.26. The minimum absolute atomic E-state index is 0.0281. The number of carbonyl (C=O) groups is 1. The van der Waals surface area contributed by atoms with Crippen LogP contribution < -0.4 is 5.32 Å². The molecule has 2 heterocycles. The number of hydrogen-bond acceptors (Lipinski definition) is 6. The van der Waals surface area contributed by atoms with Crippen molar-refractivity contribution in [1.82, 2.24) is 14.5 Å². The van der Waals surface area contributed by atoms with Gasteiger partial charge in [0.2, 0.25) is 15.9 Å². The number of hydrogen-bond donors (Lipinski definition) is 1. The highest BCUT2D eigenvalue weighted by Gasteiger charge is 2.31. The molecule has 0 aliphatic carbocycles. The number of piperazine rings is 1. The van der Waals surface area contributed by atoms with Crippen LogP contribution in [-0.4, -0.2) is 56.3 Å². The van der Waals surface area contributed by atoms with Gasteiger partial charge in [0.25, 0.3) is 0 Å². The van der Waals surface area contributed by atoms with E-state index < -0.39 is 10.0 Å². The predicted molar refractivity (Wildman–Crippen MR) is 127 cm³/mol. The molecule has 4 rings (SSSR count). The summed E-state index contributed by atoms with van der Waals surface area (Å²) in [4.78, 5) is 15.9. The fourth-order valence-corrected chi connectivity index (χ4v) is 6.25. The van der Waals surface area contributed by atoms with Crippen molar-refractivity contribution >= 4 is 27.3 Å². The number of benzene rings is 2. The van der Waals surface area contributed by atoms with Crippen LogP contribution in [0.4, 0.5) is 0 Å². The Kier molecular flexibility index (Phi) is 7.20. The Morgan fingerprint density at radius 3 is 2.36 bits per heavy atom. The van der Waals surface area contributed by atoms with Crippen molar-refractivity contribution in [3.8, 4) is 6.07 Å². The number of amides is 1. The SMILES string of the molecule is N#Cc1ccccc1S(=O)(=O)N1CCN(CC(=O)NC(c2ccccc2)c2cccs2)CC1. The lowest BCUT2D eigenvalue weighted by Gasteiger charge is -2.34. The number of nitrogens with zero attached hydrogens (tertiary/aromatic N) is 3. The van der Waals surface area contributed by atoms with Gasteiger partial charge in [-0.2, -0.15) is 9.57 Å². The van der Waals surface area contributed by atoms with Crippen molar-refractivity contribution in [1.29, 1.82) is 5.26 Å². The monoisotopic (exact) mass is 480 g/mol. The fourth-order valence-electron chi connectivity index (χ4n) is 3.88. The van der Waals surface area contributed by atoms with E-state index >= 15 is 0 Å². The van der Waals surface area contributed by atoms with Gasteiger partial charge in [0.1, 0.15) is 6.07 Å². The molecule has 7 nitrogen and oxygen atoms in total. The number of nitriles is 1. The lowest BCUT2D eigenvalue weighted by Crippen LogP contribution is -2.51. The van der Waals surface area contributed by atoms with Crippen LogP contribution in [0.3, 0.4) is 0 Å². The van der Waals surface area contributed by atoms with Gasteiger partial charge in [0, 0.05) is 31.1 Å². The first-order chi connectivity index (χ1) is 16.0. The van der Waals surface area contributed by atoms with Crippen molar-refractivity contribution in [3.05, 3.63) is 88.1 Å². The van der Waals surface area contributed by atoms with Crippen molar-refractivity contribution < 1.29 is 13.2 Å². The maximum atomic E-state index is 13.0. The minimum atomic E-state index is -3.76. The second-order valence-electron chi connectivity index (χ2n) is 7.71. The average molecular weight is 481 g/mol. The normalized spacial score (nSPS) is 16.1.